The molecule has 0 saturated carbocycles. The molecule has 160 valence electrons. The maximum atomic E-state index is 14.5. The van der Waals surface area contributed by atoms with Crippen molar-refractivity contribution in [2.45, 2.75) is 37.6 Å². The van der Waals surface area contributed by atoms with Crippen molar-refractivity contribution < 1.29 is 22.7 Å². The number of halogens is 4. The van der Waals surface area contributed by atoms with E-state index in [-0.39, 0.29) is 29.0 Å². The highest BCUT2D eigenvalue weighted by atomic mass is 19.4. The van der Waals surface area contributed by atoms with E-state index in [1.807, 2.05) is 0 Å². The topological polar surface area (TPSA) is 100 Å². The Labute approximate surface area is 168 Å². The van der Waals surface area contributed by atoms with Crippen LogP contribution in [0, 0.1) is 5.82 Å². The van der Waals surface area contributed by atoms with Gasteiger partial charge in [-0.15, -0.1) is 0 Å². The second-order valence-corrected chi connectivity index (χ2v) is 7.29. The molecule has 0 aliphatic carbocycles. The second kappa shape index (κ2) is 7.43. The predicted molar refractivity (Wildman–Crippen MR) is 99.1 cm³/mol. The number of rotatable bonds is 4. The molecule has 3 N–H and O–H groups in total. The first-order valence-corrected chi connectivity index (χ1v) is 9.29. The Morgan fingerprint density at radius 1 is 1.20 bits per heavy atom. The molecule has 1 aliphatic heterocycles. The molecule has 1 unspecified atom stereocenters. The Balaban J connectivity index is 1.74. The zero-order chi connectivity index (χ0) is 21.5. The first-order valence-electron chi connectivity index (χ1n) is 9.29. The number of aromatic nitrogens is 5. The Morgan fingerprint density at radius 3 is 2.70 bits per heavy atom. The number of anilines is 1. The minimum Gasteiger partial charge on any atom is -0.375 e. The van der Waals surface area contributed by atoms with Crippen molar-refractivity contribution in [2.75, 3.05) is 18.4 Å². The van der Waals surface area contributed by atoms with E-state index in [1.54, 1.807) is 0 Å². The summed E-state index contributed by atoms with van der Waals surface area (Å²) in [5, 5.41) is 16.3. The molecule has 12 heteroatoms. The van der Waals surface area contributed by atoms with Gasteiger partial charge in [-0.25, -0.2) is 19.3 Å². The van der Waals surface area contributed by atoms with Gasteiger partial charge in [0, 0.05) is 18.8 Å². The van der Waals surface area contributed by atoms with Gasteiger partial charge in [0.05, 0.1) is 30.0 Å². The molecule has 8 nitrogen and oxygen atoms in total. The predicted octanol–water partition coefficient (Wildman–Crippen LogP) is 2.26. The first kappa shape index (κ1) is 20.4. The van der Waals surface area contributed by atoms with E-state index < -0.39 is 23.3 Å². The standard InChI is InChI=1S/C18H19F4N7O/c1-17(30,18(20,21)22)13-9-29-12(7-25-14(29)8-24-13)15-11(19)6-26-16(28-15)27-10-3-2-4-23-5-10/h6-10,23,30H,2-5H2,1H3,(H,26,27,28)/t10-,17?/m1/s1. The summed E-state index contributed by atoms with van der Waals surface area (Å²) >= 11 is 0. The molecule has 3 aromatic rings. The Hall–Kier alpha value is -2.86. The molecular weight excluding hydrogens is 406 g/mol. The first-order chi connectivity index (χ1) is 14.2. The van der Waals surface area contributed by atoms with Crippen molar-refractivity contribution in [1.29, 1.82) is 0 Å². The van der Waals surface area contributed by atoms with Crippen molar-refractivity contribution >= 4 is 11.6 Å². The Kier molecular flexibility index (Phi) is 5.06. The van der Waals surface area contributed by atoms with Gasteiger partial charge in [-0.3, -0.25) is 9.38 Å². The molecule has 4 heterocycles. The van der Waals surface area contributed by atoms with Crippen LogP contribution in [-0.4, -0.2) is 54.8 Å². The molecule has 0 spiro atoms. The number of aliphatic hydroxyl groups is 1. The summed E-state index contributed by atoms with van der Waals surface area (Å²) in [4.78, 5) is 15.9. The van der Waals surface area contributed by atoms with E-state index in [0.717, 1.165) is 38.0 Å². The lowest BCUT2D eigenvalue weighted by Gasteiger charge is -2.25. The van der Waals surface area contributed by atoms with E-state index in [0.29, 0.717) is 13.5 Å². The summed E-state index contributed by atoms with van der Waals surface area (Å²) in [6.45, 7) is 2.24. The number of piperidine rings is 1. The monoisotopic (exact) mass is 425 g/mol. The quantitative estimate of drug-likeness (QED) is 0.552. The fourth-order valence-electron chi connectivity index (χ4n) is 3.23. The molecule has 1 saturated heterocycles. The lowest BCUT2D eigenvalue weighted by Crippen LogP contribution is -2.40. The van der Waals surface area contributed by atoms with E-state index in [9.17, 15) is 22.7 Å². The van der Waals surface area contributed by atoms with Crippen LogP contribution in [0.15, 0.2) is 24.8 Å². The molecule has 4 rings (SSSR count). The third kappa shape index (κ3) is 3.67. The molecule has 2 atom stereocenters. The van der Waals surface area contributed by atoms with E-state index in [1.165, 1.54) is 10.6 Å². The lowest BCUT2D eigenvalue weighted by atomic mass is 10.0. The lowest BCUT2D eigenvalue weighted by molar-refractivity contribution is -0.260. The highest BCUT2D eigenvalue weighted by molar-refractivity contribution is 5.61. The molecule has 0 bridgehead atoms. The summed E-state index contributed by atoms with van der Waals surface area (Å²) in [6.07, 6.45) is 1.26. The number of nitrogens with one attached hydrogen (secondary N) is 2. The highest BCUT2D eigenvalue weighted by Crippen LogP contribution is 2.37. The molecule has 3 aromatic heterocycles. The smallest absolute Gasteiger partial charge is 0.375 e. The number of fused-ring (bicyclic) bond motifs is 1. The van der Waals surface area contributed by atoms with E-state index in [2.05, 4.69) is 30.6 Å². The summed E-state index contributed by atoms with van der Waals surface area (Å²) < 4.78 is 55.3. The third-order valence-electron chi connectivity index (χ3n) is 5.06. The van der Waals surface area contributed by atoms with Gasteiger partial charge in [0.15, 0.2) is 11.5 Å². The van der Waals surface area contributed by atoms with Gasteiger partial charge in [0.1, 0.15) is 5.69 Å². The van der Waals surface area contributed by atoms with Crippen LogP contribution in [0.1, 0.15) is 25.5 Å². The second-order valence-electron chi connectivity index (χ2n) is 7.29. The van der Waals surface area contributed by atoms with Crippen molar-refractivity contribution in [1.82, 2.24) is 29.7 Å². The van der Waals surface area contributed by atoms with Crippen molar-refractivity contribution in [2.24, 2.45) is 0 Å². The highest BCUT2D eigenvalue weighted by Gasteiger charge is 2.52. The number of hydrogen-bond acceptors (Lipinski definition) is 7. The normalized spacial score (nSPS) is 19.6. The SMILES string of the molecule is CC(O)(c1cn2c(-c3nc(N[C@@H]4CCCNC4)ncc3F)cnc2cn1)C(F)(F)F. The van der Waals surface area contributed by atoms with Gasteiger partial charge in [0.25, 0.3) is 0 Å². The number of nitrogens with zero attached hydrogens (tertiary/aromatic N) is 5. The van der Waals surface area contributed by atoms with Crippen molar-refractivity contribution in [3.8, 4) is 11.4 Å². The number of hydrogen-bond donors (Lipinski definition) is 3. The molecule has 30 heavy (non-hydrogen) atoms. The summed E-state index contributed by atoms with van der Waals surface area (Å²) in [7, 11) is 0. The van der Waals surface area contributed by atoms with Crippen molar-refractivity contribution in [3.05, 3.63) is 36.3 Å². The van der Waals surface area contributed by atoms with Crippen LogP contribution in [0.3, 0.4) is 0 Å². The van der Waals surface area contributed by atoms with Gasteiger partial charge in [-0.2, -0.15) is 13.2 Å². The average molecular weight is 425 g/mol. The largest absolute Gasteiger partial charge is 0.422 e. The van der Waals surface area contributed by atoms with E-state index >= 15 is 0 Å². The summed E-state index contributed by atoms with van der Waals surface area (Å²) in [5.74, 6) is -0.559. The van der Waals surface area contributed by atoms with Gasteiger partial charge in [-0.1, -0.05) is 0 Å². The Morgan fingerprint density at radius 2 is 2.00 bits per heavy atom. The van der Waals surface area contributed by atoms with Crippen molar-refractivity contribution in [3.63, 3.8) is 0 Å². The average Bonchev–Trinajstić information content (AvgIpc) is 3.12. The minimum atomic E-state index is -4.94. The van der Waals surface area contributed by atoms with Crippen LogP contribution >= 0.6 is 0 Å². The summed E-state index contributed by atoms with van der Waals surface area (Å²) in [5.41, 5.74) is -3.68. The molecule has 0 aromatic carbocycles. The minimum absolute atomic E-state index is 0.0805. The van der Waals surface area contributed by atoms with Crippen LogP contribution in [0.4, 0.5) is 23.5 Å². The molecule has 1 aliphatic rings. The summed E-state index contributed by atoms with van der Waals surface area (Å²) in [6, 6.07) is 0.0805. The van der Waals surface area contributed by atoms with Crippen LogP contribution < -0.4 is 10.6 Å². The molecule has 0 radical (unpaired) electrons. The van der Waals surface area contributed by atoms with Gasteiger partial charge >= 0.3 is 6.18 Å². The van der Waals surface area contributed by atoms with Crippen LogP contribution in [0.5, 0.6) is 0 Å². The maximum Gasteiger partial charge on any atom is 0.422 e. The van der Waals surface area contributed by atoms with Gasteiger partial charge < -0.3 is 15.7 Å². The molecule has 1 fully saturated rings. The number of alkyl halides is 3. The van der Waals surface area contributed by atoms with Crippen LogP contribution in [0.2, 0.25) is 0 Å². The molecule has 0 amide bonds. The van der Waals surface area contributed by atoms with Crippen LogP contribution in [0.25, 0.3) is 17.0 Å². The fraction of sp³-hybridized carbons (Fsp3) is 0.444. The fourth-order valence-corrected chi connectivity index (χ4v) is 3.23. The van der Waals surface area contributed by atoms with Gasteiger partial charge in [-0.05, 0) is 26.3 Å². The molecular formula is C18H19F4N7O. The Bertz CT molecular complexity index is 1060. The van der Waals surface area contributed by atoms with E-state index in [4.69, 9.17) is 0 Å². The maximum absolute atomic E-state index is 14.5. The third-order valence-corrected chi connectivity index (χ3v) is 5.06. The van der Waals surface area contributed by atoms with Gasteiger partial charge in [0.2, 0.25) is 11.5 Å². The van der Waals surface area contributed by atoms with Crippen LogP contribution in [-0.2, 0) is 5.60 Å². The zero-order valence-electron chi connectivity index (χ0n) is 15.9. The zero-order valence-corrected chi connectivity index (χ0v) is 15.9. The number of imidazole rings is 1.